The van der Waals surface area contributed by atoms with Crippen molar-refractivity contribution in [3.05, 3.63) is 58.6 Å². The lowest BCUT2D eigenvalue weighted by Gasteiger charge is -2.12. The molecule has 1 N–H and O–H groups in total. The van der Waals surface area contributed by atoms with E-state index in [0.717, 1.165) is 0 Å². The van der Waals surface area contributed by atoms with Crippen molar-refractivity contribution in [2.45, 2.75) is 11.1 Å². The van der Waals surface area contributed by atoms with Gasteiger partial charge in [0.15, 0.2) is 0 Å². The molecule has 0 radical (unpaired) electrons. The summed E-state index contributed by atoms with van der Waals surface area (Å²) in [6, 6.07) is 13.3. The number of alkyl halides is 3. The Bertz CT molecular complexity index is 676. The third-order valence-electron chi connectivity index (χ3n) is 2.65. The molecule has 0 atom stereocenters. The fourth-order valence-electron chi connectivity index (χ4n) is 1.69. The Morgan fingerprint density at radius 3 is 2.41 bits per heavy atom. The van der Waals surface area contributed by atoms with Gasteiger partial charge in [-0.05, 0) is 40.2 Å². The summed E-state index contributed by atoms with van der Waals surface area (Å²) in [6.45, 7) is 0. The fourth-order valence-corrected chi connectivity index (χ4v) is 2.89. The molecular weight excluding hydrogens is 379 g/mol. The number of rotatable bonds is 4. The number of benzene rings is 2. The van der Waals surface area contributed by atoms with Gasteiger partial charge in [0.25, 0.3) is 5.91 Å². The first-order chi connectivity index (χ1) is 10.4. The van der Waals surface area contributed by atoms with Crippen LogP contribution in [-0.2, 0) is 0 Å². The second-order valence-electron chi connectivity index (χ2n) is 4.33. The first kappa shape index (κ1) is 16.9. The number of para-hydroxylation sites is 1. The molecule has 0 heterocycles. The van der Waals surface area contributed by atoms with Crippen LogP contribution in [0.15, 0.2) is 57.9 Å². The van der Waals surface area contributed by atoms with Crippen molar-refractivity contribution in [3.8, 4) is 0 Å². The second kappa shape index (κ2) is 7.19. The van der Waals surface area contributed by atoms with Gasteiger partial charge in [-0.2, -0.15) is 13.2 Å². The average molecular weight is 390 g/mol. The second-order valence-corrected chi connectivity index (χ2v) is 6.21. The maximum Gasteiger partial charge on any atom is 0.398 e. The molecule has 2 rings (SSSR count). The first-order valence-electron chi connectivity index (χ1n) is 6.21. The van der Waals surface area contributed by atoms with Gasteiger partial charge in [-0.1, -0.05) is 24.3 Å². The Balaban J connectivity index is 2.18. The van der Waals surface area contributed by atoms with E-state index in [1.165, 1.54) is 12.1 Å². The SMILES string of the molecule is O=C(Nc1ccccc1Br)c1ccccc1SCC(F)(F)F. The standard InChI is InChI=1S/C15H11BrF3NOS/c16-11-6-2-3-7-12(11)20-14(21)10-5-1-4-8-13(10)22-9-15(17,18)19/h1-8H,9H2,(H,20,21). The maximum atomic E-state index is 12.3. The van der Waals surface area contributed by atoms with E-state index in [0.29, 0.717) is 26.8 Å². The summed E-state index contributed by atoms with van der Waals surface area (Å²) in [5, 5.41) is 2.68. The highest BCUT2D eigenvalue weighted by atomic mass is 79.9. The summed E-state index contributed by atoms with van der Waals surface area (Å²) in [7, 11) is 0. The molecule has 116 valence electrons. The highest BCUT2D eigenvalue weighted by Gasteiger charge is 2.28. The van der Waals surface area contributed by atoms with Gasteiger partial charge < -0.3 is 5.32 Å². The molecule has 1 amide bonds. The van der Waals surface area contributed by atoms with Crippen LogP contribution in [0.4, 0.5) is 18.9 Å². The van der Waals surface area contributed by atoms with Crippen LogP contribution >= 0.6 is 27.7 Å². The Hall–Kier alpha value is -1.47. The van der Waals surface area contributed by atoms with E-state index < -0.39 is 17.8 Å². The van der Waals surface area contributed by atoms with Crippen molar-refractivity contribution >= 4 is 39.3 Å². The van der Waals surface area contributed by atoms with Crippen molar-refractivity contribution in [1.29, 1.82) is 0 Å². The van der Waals surface area contributed by atoms with Gasteiger partial charge in [-0.25, -0.2) is 0 Å². The van der Waals surface area contributed by atoms with Gasteiger partial charge in [-0.15, -0.1) is 11.8 Å². The van der Waals surface area contributed by atoms with E-state index in [4.69, 9.17) is 0 Å². The number of thioether (sulfide) groups is 1. The molecular formula is C15H11BrF3NOS. The topological polar surface area (TPSA) is 29.1 Å². The van der Waals surface area contributed by atoms with Crippen LogP contribution in [0.25, 0.3) is 0 Å². The minimum Gasteiger partial charge on any atom is -0.321 e. The van der Waals surface area contributed by atoms with E-state index in [-0.39, 0.29) is 5.56 Å². The largest absolute Gasteiger partial charge is 0.398 e. The van der Waals surface area contributed by atoms with E-state index in [1.54, 1.807) is 36.4 Å². The van der Waals surface area contributed by atoms with E-state index in [1.807, 2.05) is 0 Å². The normalized spacial score (nSPS) is 11.3. The van der Waals surface area contributed by atoms with Gasteiger partial charge in [0.2, 0.25) is 0 Å². The van der Waals surface area contributed by atoms with Gasteiger partial charge in [-0.3, -0.25) is 4.79 Å². The number of carbonyl (C=O) groups excluding carboxylic acids is 1. The third kappa shape index (κ3) is 4.78. The monoisotopic (exact) mass is 389 g/mol. The van der Waals surface area contributed by atoms with E-state index in [2.05, 4.69) is 21.2 Å². The summed E-state index contributed by atoms with van der Waals surface area (Å²) in [4.78, 5) is 12.6. The molecule has 0 spiro atoms. The molecule has 2 nitrogen and oxygen atoms in total. The highest BCUT2D eigenvalue weighted by Crippen LogP contribution is 2.30. The van der Waals surface area contributed by atoms with Crippen molar-refractivity contribution in [1.82, 2.24) is 0 Å². The van der Waals surface area contributed by atoms with Crippen LogP contribution in [0.1, 0.15) is 10.4 Å². The minimum atomic E-state index is -4.28. The molecule has 0 aliphatic rings. The van der Waals surface area contributed by atoms with Crippen molar-refractivity contribution in [2.24, 2.45) is 0 Å². The van der Waals surface area contributed by atoms with Crippen molar-refractivity contribution in [2.75, 3.05) is 11.1 Å². The molecule has 0 bridgehead atoms. The van der Waals surface area contributed by atoms with Crippen LogP contribution in [0.5, 0.6) is 0 Å². The van der Waals surface area contributed by atoms with Crippen molar-refractivity contribution < 1.29 is 18.0 Å². The summed E-state index contributed by atoms with van der Waals surface area (Å²) in [5.41, 5.74) is 0.774. The molecule has 0 fully saturated rings. The van der Waals surface area contributed by atoms with Crippen molar-refractivity contribution in [3.63, 3.8) is 0 Å². The Kier molecular flexibility index (Phi) is 5.52. The highest BCUT2D eigenvalue weighted by molar-refractivity contribution is 9.10. The van der Waals surface area contributed by atoms with Crippen LogP contribution in [0.2, 0.25) is 0 Å². The number of carbonyl (C=O) groups is 1. The molecule has 2 aromatic carbocycles. The molecule has 0 aromatic heterocycles. The van der Waals surface area contributed by atoms with Crippen LogP contribution < -0.4 is 5.32 Å². The van der Waals surface area contributed by atoms with Gasteiger partial charge in [0, 0.05) is 9.37 Å². The average Bonchev–Trinajstić information content (AvgIpc) is 2.47. The molecule has 0 aliphatic carbocycles. The Labute approximate surface area is 138 Å². The van der Waals surface area contributed by atoms with Gasteiger partial charge in [0.05, 0.1) is 17.0 Å². The fraction of sp³-hybridized carbons (Fsp3) is 0.133. The number of amides is 1. The predicted octanol–water partition coefficient (Wildman–Crippen LogP) is 5.36. The van der Waals surface area contributed by atoms with Crippen LogP contribution in [0.3, 0.4) is 0 Å². The van der Waals surface area contributed by atoms with E-state index in [9.17, 15) is 18.0 Å². The van der Waals surface area contributed by atoms with Gasteiger partial charge >= 0.3 is 6.18 Å². The van der Waals surface area contributed by atoms with Crippen LogP contribution in [0, 0.1) is 0 Å². The Morgan fingerprint density at radius 2 is 1.73 bits per heavy atom. The zero-order valence-electron chi connectivity index (χ0n) is 11.2. The number of halogens is 4. The molecule has 0 unspecified atom stereocenters. The Morgan fingerprint density at radius 1 is 1.09 bits per heavy atom. The smallest absolute Gasteiger partial charge is 0.321 e. The summed E-state index contributed by atoms with van der Waals surface area (Å²) >= 11 is 3.90. The predicted molar refractivity (Wildman–Crippen MR) is 85.3 cm³/mol. The van der Waals surface area contributed by atoms with Gasteiger partial charge in [0.1, 0.15) is 0 Å². The van der Waals surface area contributed by atoms with Crippen LogP contribution in [-0.4, -0.2) is 17.8 Å². The number of hydrogen-bond acceptors (Lipinski definition) is 2. The molecule has 22 heavy (non-hydrogen) atoms. The summed E-state index contributed by atoms with van der Waals surface area (Å²) in [5.74, 6) is -1.48. The molecule has 2 aromatic rings. The summed E-state index contributed by atoms with van der Waals surface area (Å²) in [6.07, 6.45) is -4.28. The number of hydrogen-bond donors (Lipinski definition) is 1. The lowest BCUT2D eigenvalue weighted by Crippen LogP contribution is -2.15. The minimum absolute atomic E-state index is 0.215. The first-order valence-corrected chi connectivity index (χ1v) is 7.99. The zero-order valence-corrected chi connectivity index (χ0v) is 13.6. The molecule has 7 heteroatoms. The quantitative estimate of drug-likeness (QED) is 0.713. The summed E-state index contributed by atoms with van der Waals surface area (Å²) < 4.78 is 37.7. The molecule has 0 saturated carbocycles. The molecule has 0 saturated heterocycles. The van der Waals surface area contributed by atoms with E-state index >= 15 is 0 Å². The number of nitrogens with one attached hydrogen (secondary N) is 1. The lowest BCUT2D eigenvalue weighted by molar-refractivity contribution is -0.105. The number of anilines is 1. The molecule has 0 aliphatic heterocycles. The lowest BCUT2D eigenvalue weighted by atomic mass is 10.2. The third-order valence-corrected chi connectivity index (χ3v) is 4.48. The maximum absolute atomic E-state index is 12.3. The zero-order chi connectivity index (χ0) is 16.2.